The first-order chi connectivity index (χ1) is 13.4. The van der Waals surface area contributed by atoms with E-state index < -0.39 is 0 Å². The molecule has 4 rings (SSSR count). The summed E-state index contributed by atoms with van der Waals surface area (Å²) in [6, 6.07) is 15.6. The Labute approximate surface area is 173 Å². The largest absolute Gasteiger partial charge is 0.508 e. The van der Waals surface area contributed by atoms with Crippen LogP contribution in [0.15, 0.2) is 53.9 Å². The maximum absolute atomic E-state index is 9.58. The van der Waals surface area contributed by atoms with Crippen molar-refractivity contribution >= 4 is 44.7 Å². The molecule has 28 heavy (non-hydrogen) atoms. The molecule has 0 aliphatic heterocycles. The third-order valence-electron chi connectivity index (χ3n) is 4.83. The number of phenols is 1. The maximum atomic E-state index is 9.58. The van der Waals surface area contributed by atoms with E-state index in [9.17, 15) is 5.11 Å². The molecular formula is C22H20ClN3OS. The van der Waals surface area contributed by atoms with Crippen LogP contribution >= 0.6 is 22.9 Å². The van der Waals surface area contributed by atoms with E-state index in [2.05, 4.69) is 53.5 Å². The van der Waals surface area contributed by atoms with Gasteiger partial charge in [-0.25, -0.2) is 4.98 Å². The summed E-state index contributed by atoms with van der Waals surface area (Å²) in [5.41, 5.74) is 4.43. The van der Waals surface area contributed by atoms with Crippen molar-refractivity contribution in [3.8, 4) is 16.9 Å². The fraction of sp³-hybridized carbons (Fsp3) is 0.182. The number of thiophene rings is 1. The quantitative estimate of drug-likeness (QED) is 0.385. The van der Waals surface area contributed by atoms with Crippen molar-refractivity contribution in [3.63, 3.8) is 0 Å². The monoisotopic (exact) mass is 409 g/mol. The molecule has 0 bridgehead atoms. The first-order valence-electron chi connectivity index (χ1n) is 9.02. The Morgan fingerprint density at radius 1 is 1.00 bits per heavy atom. The van der Waals surface area contributed by atoms with Gasteiger partial charge < -0.3 is 10.0 Å². The van der Waals surface area contributed by atoms with Gasteiger partial charge in [-0.05, 0) is 52.9 Å². The van der Waals surface area contributed by atoms with Crippen LogP contribution in [-0.4, -0.2) is 22.1 Å². The SMILES string of the molecule is CC(C)c1ccc(-c2csc3nc(Cl)nc(N(C)c4ccc(O)cc4)c23)cc1. The molecule has 2 aromatic carbocycles. The van der Waals surface area contributed by atoms with Crippen LogP contribution in [0.3, 0.4) is 0 Å². The zero-order valence-electron chi connectivity index (χ0n) is 15.8. The highest BCUT2D eigenvalue weighted by atomic mass is 35.5. The minimum atomic E-state index is 0.219. The number of fused-ring (bicyclic) bond motifs is 1. The number of nitrogens with zero attached hydrogens (tertiary/aromatic N) is 3. The summed E-state index contributed by atoms with van der Waals surface area (Å²) < 4.78 is 0. The second-order valence-electron chi connectivity index (χ2n) is 7.00. The molecular weight excluding hydrogens is 390 g/mol. The standard InChI is InChI=1S/C22H20ClN3OS/c1-13(2)14-4-6-15(7-5-14)18-12-28-21-19(18)20(24-22(23)25-21)26(3)16-8-10-17(27)11-9-16/h4-13,27H,1-3H3. The zero-order chi connectivity index (χ0) is 19.8. The van der Waals surface area contributed by atoms with Gasteiger partial charge in [-0.1, -0.05) is 38.1 Å². The van der Waals surface area contributed by atoms with Gasteiger partial charge in [0.2, 0.25) is 5.28 Å². The number of hydrogen-bond donors (Lipinski definition) is 1. The summed E-state index contributed by atoms with van der Waals surface area (Å²) in [5.74, 6) is 1.46. The molecule has 6 heteroatoms. The van der Waals surface area contributed by atoms with E-state index in [0.717, 1.165) is 32.8 Å². The van der Waals surface area contributed by atoms with E-state index in [1.165, 1.54) is 5.56 Å². The second-order valence-corrected chi connectivity index (χ2v) is 8.19. The topological polar surface area (TPSA) is 49.2 Å². The van der Waals surface area contributed by atoms with Gasteiger partial charge >= 0.3 is 0 Å². The molecule has 0 radical (unpaired) electrons. The number of aromatic nitrogens is 2. The fourth-order valence-electron chi connectivity index (χ4n) is 3.20. The lowest BCUT2D eigenvalue weighted by atomic mass is 9.99. The van der Waals surface area contributed by atoms with E-state index in [0.29, 0.717) is 5.92 Å². The van der Waals surface area contributed by atoms with Crippen molar-refractivity contribution in [2.24, 2.45) is 0 Å². The zero-order valence-corrected chi connectivity index (χ0v) is 17.4. The van der Waals surface area contributed by atoms with Crippen molar-refractivity contribution in [2.45, 2.75) is 19.8 Å². The molecule has 0 atom stereocenters. The third-order valence-corrected chi connectivity index (χ3v) is 5.87. The number of benzene rings is 2. The van der Waals surface area contributed by atoms with Gasteiger partial charge in [-0.2, -0.15) is 4.98 Å². The van der Waals surface area contributed by atoms with Crippen LogP contribution in [0.1, 0.15) is 25.3 Å². The molecule has 0 spiro atoms. The molecule has 4 aromatic rings. The lowest BCUT2D eigenvalue weighted by molar-refractivity contribution is 0.475. The Bertz CT molecular complexity index is 1120. The molecule has 0 fully saturated rings. The predicted octanol–water partition coefficient (Wildman–Crippen LogP) is 6.61. The van der Waals surface area contributed by atoms with Gasteiger partial charge in [-0.3, -0.25) is 0 Å². The average molecular weight is 410 g/mol. The fourth-order valence-corrected chi connectivity index (χ4v) is 4.36. The normalized spacial score (nSPS) is 11.3. The van der Waals surface area contributed by atoms with E-state index >= 15 is 0 Å². The van der Waals surface area contributed by atoms with Crippen LogP contribution in [0.25, 0.3) is 21.3 Å². The van der Waals surface area contributed by atoms with Crippen molar-refractivity contribution < 1.29 is 5.11 Å². The number of rotatable bonds is 4. The molecule has 0 aliphatic rings. The Hall–Kier alpha value is -2.63. The summed E-state index contributed by atoms with van der Waals surface area (Å²) in [5, 5.41) is 12.9. The van der Waals surface area contributed by atoms with Crippen LogP contribution in [0.2, 0.25) is 5.28 Å². The minimum Gasteiger partial charge on any atom is -0.508 e. The lowest BCUT2D eigenvalue weighted by Crippen LogP contribution is -2.12. The summed E-state index contributed by atoms with van der Waals surface area (Å²) >= 11 is 7.77. The van der Waals surface area contributed by atoms with Gasteiger partial charge in [0.1, 0.15) is 16.4 Å². The highest BCUT2D eigenvalue weighted by molar-refractivity contribution is 7.17. The highest BCUT2D eigenvalue weighted by Crippen LogP contribution is 2.40. The molecule has 0 amide bonds. The smallest absolute Gasteiger partial charge is 0.225 e. The van der Waals surface area contributed by atoms with Gasteiger partial charge in [0, 0.05) is 23.7 Å². The number of hydrogen-bond acceptors (Lipinski definition) is 5. The van der Waals surface area contributed by atoms with Crippen molar-refractivity contribution in [3.05, 3.63) is 64.8 Å². The number of anilines is 2. The maximum Gasteiger partial charge on any atom is 0.225 e. The van der Waals surface area contributed by atoms with Gasteiger partial charge in [0.15, 0.2) is 0 Å². The van der Waals surface area contributed by atoms with Gasteiger partial charge in [0.25, 0.3) is 0 Å². The number of phenolic OH excluding ortho intramolecular Hbond substituents is 1. The molecule has 4 nitrogen and oxygen atoms in total. The molecule has 1 N–H and O–H groups in total. The van der Waals surface area contributed by atoms with Crippen LogP contribution in [0, 0.1) is 0 Å². The Balaban J connectivity index is 1.87. The van der Waals surface area contributed by atoms with Crippen molar-refractivity contribution in [1.82, 2.24) is 9.97 Å². The van der Waals surface area contributed by atoms with E-state index in [4.69, 9.17) is 11.6 Å². The molecule has 0 unspecified atom stereocenters. The molecule has 0 saturated carbocycles. The second kappa shape index (κ2) is 7.41. The van der Waals surface area contributed by atoms with Gasteiger partial charge in [0.05, 0.1) is 5.39 Å². The first-order valence-corrected chi connectivity index (χ1v) is 10.3. The third kappa shape index (κ3) is 3.43. The molecule has 2 aromatic heterocycles. The summed E-state index contributed by atoms with van der Waals surface area (Å²) in [6.45, 7) is 4.38. The summed E-state index contributed by atoms with van der Waals surface area (Å²) in [6.07, 6.45) is 0. The molecule has 0 saturated heterocycles. The first kappa shape index (κ1) is 18.7. The summed E-state index contributed by atoms with van der Waals surface area (Å²) in [4.78, 5) is 11.8. The molecule has 142 valence electrons. The van der Waals surface area contributed by atoms with Crippen LogP contribution < -0.4 is 4.90 Å². The Morgan fingerprint density at radius 3 is 2.32 bits per heavy atom. The Morgan fingerprint density at radius 2 is 1.68 bits per heavy atom. The molecule has 2 heterocycles. The van der Waals surface area contributed by atoms with Crippen molar-refractivity contribution in [1.29, 1.82) is 0 Å². The van der Waals surface area contributed by atoms with E-state index in [1.54, 1.807) is 23.5 Å². The van der Waals surface area contributed by atoms with Crippen LogP contribution in [0.5, 0.6) is 5.75 Å². The van der Waals surface area contributed by atoms with Crippen LogP contribution in [-0.2, 0) is 0 Å². The van der Waals surface area contributed by atoms with Crippen molar-refractivity contribution in [2.75, 3.05) is 11.9 Å². The molecule has 0 aliphatic carbocycles. The lowest BCUT2D eigenvalue weighted by Gasteiger charge is -2.20. The van der Waals surface area contributed by atoms with Gasteiger partial charge in [-0.15, -0.1) is 11.3 Å². The summed E-state index contributed by atoms with van der Waals surface area (Å²) in [7, 11) is 1.94. The van der Waals surface area contributed by atoms with Crippen LogP contribution in [0.4, 0.5) is 11.5 Å². The number of aromatic hydroxyl groups is 1. The minimum absolute atomic E-state index is 0.219. The van der Waals surface area contributed by atoms with E-state index in [1.807, 2.05) is 24.1 Å². The Kier molecular flexibility index (Phi) is 4.96. The van der Waals surface area contributed by atoms with E-state index in [-0.39, 0.29) is 11.0 Å². The highest BCUT2D eigenvalue weighted by Gasteiger charge is 2.18. The predicted molar refractivity (Wildman–Crippen MR) is 118 cm³/mol. The number of halogens is 1. The average Bonchev–Trinajstić information content (AvgIpc) is 3.11.